The minimum atomic E-state index is -0.501. The maximum atomic E-state index is 12.4. The van der Waals surface area contributed by atoms with Crippen molar-refractivity contribution in [3.05, 3.63) is 89.2 Å². The van der Waals surface area contributed by atoms with Gasteiger partial charge in [-0.1, -0.05) is 18.2 Å². The lowest BCUT2D eigenvalue weighted by atomic mass is 10.2. The summed E-state index contributed by atoms with van der Waals surface area (Å²) in [5.41, 5.74) is 2.65. The van der Waals surface area contributed by atoms with Crippen molar-refractivity contribution in [1.82, 2.24) is 9.55 Å². The number of amides is 2. The molecule has 2 aromatic heterocycles. The van der Waals surface area contributed by atoms with Gasteiger partial charge >= 0.3 is 5.76 Å². The number of hydrogen-bond donors (Lipinski definition) is 2. The van der Waals surface area contributed by atoms with E-state index in [1.807, 2.05) is 0 Å². The van der Waals surface area contributed by atoms with Crippen LogP contribution in [0.4, 0.5) is 11.4 Å². The summed E-state index contributed by atoms with van der Waals surface area (Å²) in [6.45, 7) is 0.184. The minimum absolute atomic E-state index is 0.0802. The van der Waals surface area contributed by atoms with E-state index in [2.05, 4.69) is 15.6 Å². The first-order chi connectivity index (χ1) is 14.6. The van der Waals surface area contributed by atoms with Crippen LogP contribution in [0.5, 0.6) is 0 Å². The Morgan fingerprint density at radius 3 is 2.57 bits per heavy atom. The number of nitrogens with zero attached hydrogens (tertiary/aromatic N) is 2. The molecule has 4 aromatic rings. The van der Waals surface area contributed by atoms with Crippen molar-refractivity contribution in [1.29, 1.82) is 0 Å². The van der Waals surface area contributed by atoms with Crippen molar-refractivity contribution >= 4 is 34.3 Å². The van der Waals surface area contributed by atoms with E-state index in [9.17, 15) is 14.4 Å². The number of anilines is 2. The predicted molar refractivity (Wildman–Crippen MR) is 112 cm³/mol. The number of para-hydroxylation sites is 2. The molecule has 0 fully saturated rings. The molecule has 2 amide bonds. The highest BCUT2D eigenvalue weighted by Gasteiger charge is 2.12. The van der Waals surface area contributed by atoms with Gasteiger partial charge in [-0.3, -0.25) is 19.1 Å². The van der Waals surface area contributed by atoms with E-state index in [1.165, 1.54) is 4.57 Å². The molecule has 0 bridgehead atoms. The lowest BCUT2D eigenvalue weighted by Gasteiger charge is -2.09. The summed E-state index contributed by atoms with van der Waals surface area (Å²) in [5, 5.41) is 5.52. The second-order valence-electron chi connectivity index (χ2n) is 6.56. The van der Waals surface area contributed by atoms with Crippen molar-refractivity contribution in [3.8, 4) is 0 Å². The molecule has 2 N–H and O–H groups in total. The number of rotatable bonds is 6. The maximum absolute atomic E-state index is 12.4. The van der Waals surface area contributed by atoms with Crippen LogP contribution in [0.15, 0.2) is 82.3 Å². The van der Waals surface area contributed by atoms with Gasteiger partial charge < -0.3 is 15.1 Å². The Morgan fingerprint density at radius 1 is 0.933 bits per heavy atom. The molecular weight excluding hydrogens is 384 g/mol. The Hall–Kier alpha value is -4.20. The Morgan fingerprint density at radius 2 is 1.73 bits per heavy atom. The molecule has 0 saturated heterocycles. The van der Waals surface area contributed by atoms with Gasteiger partial charge in [0.25, 0.3) is 5.91 Å². The number of pyridine rings is 1. The molecule has 0 atom stereocenters. The molecule has 0 aliphatic rings. The van der Waals surface area contributed by atoms with E-state index >= 15 is 0 Å². The van der Waals surface area contributed by atoms with E-state index in [4.69, 9.17) is 4.42 Å². The average molecular weight is 402 g/mol. The second-order valence-corrected chi connectivity index (χ2v) is 6.56. The molecular formula is C22H18N4O4. The first-order valence-corrected chi connectivity index (χ1v) is 9.30. The summed E-state index contributed by atoms with van der Waals surface area (Å²) in [6.07, 6.45) is 3.25. The quantitative estimate of drug-likeness (QED) is 0.515. The van der Waals surface area contributed by atoms with Crippen molar-refractivity contribution in [3.63, 3.8) is 0 Å². The maximum Gasteiger partial charge on any atom is 0.419 e. The number of carbonyl (C=O) groups is 2. The largest absolute Gasteiger partial charge is 0.419 e. The van der Waals surface area contributed by atoms with Crippen LogP contribution in [0.2, 0.25) is 0 Å². The molecule has 0 aliphatic heterocycles. The van der Waals surface area contributed by atoms with Gasteiger partial charge in [0.1, 0.15) is 0 Å². The number of fused-ring (bicyclic) bond motifs is 1. The van der Waals surface area contributed by atoms with Crippen LogP contribution < -0.4 is 16.4 Å². The monoisotopic (exact) mass is 402 g/mol. The normalized spacial score (nSPS) is 10.7. The highest BCUT2D eigenvalue weighted by molar-refractivity contribution is 6.05. The lowest BCUT2D eigenvalue weighted by Crippen LogP contribution is -2.20. The number of hydrogen-bond acceptors (Lipinski definition) is 5. The molecule has 2 aromatic carbocycles. The number of nitrogens with one attached hydrogen (secondary N) is 2. The van der Waals surface area contributed by atoms with Crippen LogP contribution in [0.25, 0.3) is 11.1 Å². The topological polar surface area (TPSA) is 106 Å². The molecule has 0 unspecified atom stereocenters. The van der Waals surface area contributed by atoms with Gasteiger partial charge in [0.15, 0.2) is 5.58 Å². The summed E-state index contributed by atoms with van der Waals surface area (Å²) < 4.78 is 6.59. The molecule has 0 aliphatic carbocycles. The van der Waals surface area contributed by atoms with E-state index < -0.39 is 5.76 Å². The van der Waals surface area contributed by atoms with Crippen LogP contribution in [-0.2, 0) is 11.3 Å². The highest BCUT2D eigenvalue weighted by atomic mass is 16.4. The zero-order chi connectivity index (χ0) is 20.9. The van der Waals surface area contributed by atoms with Crippen LogP contribution >= 0.6 is 0 Å². The second kappa shape index (κ2) is 8.44. The lowest BCUT2D eigenvalue weighted by molar-refractivity contribution is -0.116. The number of aryl methyl sites for hydroxylation is 1. The molecule has 4 rings (SSSR count). The van der Waals surface area contributed by atoms with Crippen molar-refractivity contribution in [2.75, 3.05) is 10.6 Å². The molecule has 0 spiro atoms. The third-order valence-electron chi connectivity index (χ3n) is 4.48. The highest BCUT2D eigenvalue weighted by Crippen LogP contribution is 2.15. The van der Waals surface area contributed by atoms with Gasteiger partial charge in [0.2, 0.25) is 5.91 Å². The predicted octanol–water partition coefficient (Wildman–Crippen LogP) is 3.27. The molecule has 0 radical (unpaired) electrons. The van der Waals surface area contributed by atoms with E-state index in [0.29, 0.717) is 28.0 Å². The molecule has 0 saturated carbocycles. The van der Waals surface area contributed by atoms with Crippen LogP contribution in [0.3, 0.4) is 0 Å². The Bertz CT molecular complexity index is 1260. The van der Waals surface area contributed by atoms with Gasteiger partial charge in [0.05, 0.1) is 5.52 Å². The summed E-state index contributed by atoms with van der Waals surface area (Å²) >= 11 is 0. The first-order valence-electron chi connectivity index (χ1n) is 9.30. The molecule has 30 heavy (non-hydrogen) atoms. The summed E-state index contributed by atoms with van der Waals surface area (Å²) in [5.74, 6) is -1.08. The molecule has 150 valence electrons. The molecule has 8 heteroatoms. The van der Waals surface area contributed by atoms with Crippen LogP contribution in [0, 0.1) is 0 Å². The van der Waals surface area contributed by atoms with Gasteiger partial charge in [-0.05, 0) is 42.5 Å². The van der Waals surface area contributed by atoms with Crippen molar-refractivity contribution in [2.24, 2.45) is 0 Å². The van der Waals surface area contributed by atoms with Gasteiger partial charge in [-0.25, -0.2) is 4.79 Å². The van der Waals surface area contributed by atoms with Crippen molar-refractivity contribution < 1.29 is 14.0 Å². The molecule has 8 nitrogen and oxygen atoms in total. The summed E-state index contributed by atoms with van der Waals surface area (Å²) in [4.78, 5) is 40.7. The SMILES string of the molecule is O=C(CCn1c(=O)oc2ccccc21)Nc1cccc(C(=O)Nc2ccncc2)c1. The summed E-state index contributed by atoms with van der Waals surface area (Å²) in [7, 11) is 0. The fourth-order valence-electron chi connectivity index (χ4n) is 3.04. The van der Waals surface area contributed by atoms with Gasteiger partial charge in [-0.15, -0.1) is 0 Å². The van der Waals surface area contributed by atoms with E-state index in [1.54, 1.807) is 73.1 Å². The fourth-order valence-corrected chi connectivity index (χ4v) is 3.04. The van der Waals surface area contributed by atoms with E-state index in [-0.39, 0.29) is 24.8 Å². The van der Waals surface area contributed by atoms with Crippen LogP contribution in [0.1, 0.15) is 16.8 Å². The number of aromatic nitrogens is 2. The fraction of sp³-hybridized carbons (Fsp3) is 0.0909. The van der Waals surface area contributed by atoms with Gasteiger partial charge in [-0.2, -0.15) is 0 Å². The standard InChI is InChI=1S/C22H18N4O4/c27-20(10-13-26-18-6-1-2-7-19(18)30-22(26)29)24-17-5-3-4-15(14-17)21(28)25-16-8-11-23-12-9-16/h1-9,11-12,14H,10,13H2,(H,24,27)(H,23,25,28). The van der Waals surface area contributed by atoms with Crippen molar-refractivity contribution in [2.45, 2.75) is 13.0 Å². The minimum Gasteiger partial charge on any atom is -0.408 e. The zero-order valence-corrected chi connectivity index (χ0v) is 15.9. The Balaban J connectivity index is 1.40. The number of benzene rings is 2. The third kappa shape index (κ3) is 4.27. The summed E-state index contributed by atoms with van der Waals surface area (Å²) in [6, 6.07) is 17.0. The van der Waals surface area contributed by atoms with E-state index in [0.717, 1.165) is 0 Å². The van der Waals surface area contributed by atoms with Crippen LogP contribution in [-0.4, -0.2) is 21.4 Å². The third-order valence-corrected chi connectivity index (χ3v) is 4.48. The Kier molecular flexibility index (Phi) is 5.38. The number of oxazole rings is 1. The smallest absolute Gasteiger partial charge is 0.408 e. The zero-order valence-electron chi connectivity index (χ0n) is 15.9. The van der Waals surface area contributed by atoms with Gasteiger partial charge in [0, 0.05) is 42.3 Å². The first kappa shape index (κ1) is 19.1. The number of carbonyl (C=O) groups excluding carboxylic acids is 2. The Labute approximate surface area is 171 Å². The molecule has 2 heterocycles. The average Bonchev–Trinajstić information content (AvgIpc) is 3.08.